The zero-order valence-electron chi connectivity index (χ0n) is 20.8. The summed E-state index contributed by atoms with van der Waals surface area (Å²) < 4.78 is 61.3. The maximum Gasteiger partial charge on any atom is 0.159 e. The van der Waals surface area contributed by atoms with Gasteiger partial charge < -0.3 is 4.74 Å². The lowest BCUT2D eigenvalue weighted by Gasteiger charge is -2.38. The smallest absolute Gasteiger partial charge is 0.159 e. The third-order valence-electron chi connectivity index (χ3n) is 8.40. The fraction of sp³-hybridized carbons (Fsp3) is 0.600. The summed E-state index contributed by atoms with van der Waals surface area (Å²) in [7, 11) is 0. The van der Waals surface area contributed by atoms with Crippen LogP contribution >= 0.6 is 0 Å². The molecule has 0 heterocycles. The van der Waals surface area contributed by atoms with Crippen molar-refractivity contribution in [2.45, 2.75) is 84.0 Å². The van der Waals surface area contributed by atoms with Gasteiger partial charge in [0.15, 0.2) is 11.6 Å². The number of benzene rings is 2. The lowest BCUT2D eigenvalue weighted by Crippen LogP contribution is -2.26. The molecule has 2 aliphatic rings. The molecule has 5 heteroatoms. The molecule has 4 rings (SSSR count). The van der Waals surface area contributed by atoms with Gasteiger partial charge >= 0.3 is 0 Å². The molecule has 2 saturated carbocycles. The second-order valence-corrected chi connectivity index (χ2v) is 10.7. The van der Waals surface area contributed by atoms with Crippen LogP contribution in [-0.2, 0) is 0 Å². The minimum atomic E-state index is -1.14. The van der Waals surface area contributed by atoms with E-state index in [1.807, 2.05) is 0 Å². The summed E-state index contributed by atoms with van der Waals surface area (Å²) in [6.07, 6.45) is 15.6. The van der Waals surface area contributed by atoms with Crippen molar-refractivity contribution in [2.75, 3.05) is 6.61 Å². The van der Waals surface area contributed by atoms with E-state index in [-0.39, 0.29) is 16.9 Å². The second kappa shape index (κ2) is 12.3. The van der Waals surface area contributed by atoms with Gasteiger partial charge in [-0.1, -0.05) is 51.5 Å². The Morgan fingerprint density at radius 1 is 0.686 bits per heavy atom. The lowest BCUT2D eigenvalue weighted by atomic mass is 9.68. The molecule has 0 aliphatic heterocycles. The van der Waals surface area contributed by atoms with Gasteiger partial charge in [-0.15, -0.1) is 0 Å². The van der Waals surface area contributed by atoms with Crippen LogP contribution in [0.4, 0.5) is 17.6 Å². The van der Waals surface area contributed by atoms with Gasteiger partial charge in [0.1, 0.15) is 17.4 Å². The quantitative estimate of drug-likeness (QED) is 0.251. The van der Waals surface area contributed by atoms with E-state index >= 15 is 0 Å². The molecule has 2 aromatic carbocycles. The third kappa shape index (κ3) is 6.80. The van der Waals surface area contributed by atoms with E-state index in [1.165, 1.54) is 64.2 Å². The summed E-state index contributed by atoms with van der Waals surface area (Å²) in [6, 6.07) is 5.04. The molecule has 0 N–H and O–H groups in total. The Hall–Kier alpha value is -2.04. The summed E-state index contributed by atoms with van der Waals surface area (Å²) in [4.78, 5) is 0. The maximum absolute atomic E-state index is 14.5. The second-order valence-electron chi connectivity index (χ2n) is 10.7. The molecule has 35 heavy (non-hydrogen) atoms. The normalized spacial score (nSPS) is 24.9. The fourth-order valence-corrected chi connectivity index (χ4v) is 6.43. The summed E-state index contributed by atoms with van der Waals surface area (Å²) in [6.45, 7) is 2.70. The van der Waals surface area contributed by atoms with Crippen molar-refractivity contribution < 1.29 is 22.3 Å². The Kier molecular flexibility index (Phi) is 9.13. The number of halogens is 4. The molecule has 0 amide bonds. The van der Waals surface area contributed by atoms with Crippen LogP contribution < -0.4 is 4.74 Å². The van der Waals surface area contributed by atoms with E-state index in [4.69, 9.17) is 4.74 Å². The molecule has 0 bridgehead atoms. The molecule has 0 atom stereocenters. The van der Waals surface area contributed by atoms with E-state index in [0.717, 1.165) is 66.8 Å². The van der Waals surface area contributed by atoms with Gasteiger partial charge in [0.25, 0.3) is 0 Å². The van der Waals surface area contributed by atoms with E-state index < -0.39 is 23.3 Å². The zero-order valence-corrected chi connectivity index (χ0v) is 20.8. The van der Waals surface area contributed by atoms with Crippen LogP contribution in [0.2, 0.25) is 0 Å². The van der Waals surface area contributed by atoms with Gasteiger partial charge in [-0.3, -0.25) is 0 Å². The van der Waals surface area contributed by atoms with Crippen LogP contribution in [0.15, 0.2) is 30.3 Å². The van der Waals surface area contributed by atoms with E-state index in [9.17, 15) is 17.6 Å². The van der Waals surface area contributed by atoms with Gasteiger partial charge in [-0.2, -0.15) is 0 Å². The van der Waals surface area contributed by atoms with Crippen molar-refractivity contribution in [1.29, 1.82) is 0 Å². The van der Waals surface area contributed by atoms with Crippen molar-refractivity contribution in [3.8, 4) is 16.9 Å². The van der Waals surface area contributed by atoms with E-state index in [0.29, 0.717) is 6.61 Å². The SMILES string of the molecule is CCCC1CCC(C2CCC(CCCOc3cc(F)c(-c4ccc(F)c(F)c4)c(F)c3)CC2)CC1. The Labute approximate surface area is 207 Å². The molecule has 0 radical (unpaired) electrons. The summed E-state index contributed by atoms with van der Waals surface area (Å²) in [5.41, 5.74) is -0.429. The molecule has 0 saturated heterocycles. The van der Waals surface area contributed by atoms with Crippen LogP contribution in [0, 0.1) is 46.9 Å². The molecule has 2 aliphatic carbocycles. The monoisotopic (exact) mass is 490 g/mol. The molecule has 0 aromatic heterocycles. The minimum Gasteiger partial charge on any atom is -0.493 e. The Bertz CT molecular complexity index is 936. The van der Waals surface area contributed by atoms with Crippen LogP contribution in [0.5, 0.6) is 5.75 Å². The summed E-state index contributed by atoms with van der Waals surface area (Å²) >= 11 is 0. The van der Waals surface area contributed by atoms with Crippen LogP contribution in [0.1, 0.15) is 84.0 Å². The van der Waals surface area contributed by atoms with Crippen molar-refractivity contribution in [1.82, 2.24) is 0 Å². The highest BCUT2D eigenvalue weighted by Gasteiger charge is 2.30. The zero-order chi connectivity index (χ0) is 24.8. The van der Waals surface area contributed by atoms with E-state index in [2.05, 4.69) is 6.92 Å². The van der Waals surface area contributed by atoms with Gasteiger partial charge in [0.05, 0.1) is 12.2 Å². The molecule has 2 fully saturated rings. The predicted molar refractivity (Wildman–Crippen MR) is 132 cm³/mol. The fourth-order valence-electron chi connectivity index (χ4n) is 6.43. The number of ether oxygens (including phenoxy) is 1. The first-order valence-electron chi connectivity index (χ1n) is 13.5. The van der Waals surface area contributed by atoms with E-state index in [1.54, 1.807) is 0 Å². The van der Waals surface area contributed by atoms with Crippen molar-refractivity contribution in [3.05, 3.63) is 53.6 Å². The van der Waals surface area contributed by atoms with Gasteiger partial charge in [-0.25, -0.2) is 17.6 Å². The Morgan fingerprint density at radius 3 is 1.80 bits per heavy atom. The number of hydrogen-bond donors (Lipinski definition) is 0. The number of hydrogen-bond acceptors (Lipinski definition) is 1. The first-order valence-corrected chi connectivity index (χ1v) is 13.5. The molecule has 1 nitrogen and oxygen atoms in total. The third-order valence-corrected chi connectivity index (χ3v) is 8.40. The lowest BCUT2D eigenvalue weighted by molar-refractivity contribution is 0.138. The average molecular weight is 491 g/mol. The standard InChI is InChI=1S/C30H38F4O/c1-2-4-20-6-10-22(11-7-20)23-12-8-21(9-13-23)5-3-16-35-25-18-28(33)30(29(34)19-25)24-14-15-26(31)27(32)17-24/h14-15,17-23H,2-13,16H2,1H3. The summed E-state index contributed by atoms with van der Waals surface area (Å²) in [5, 5.41) is 0. The van der Waals surface area contributed by atoms with Crippen molar-refractivity contribution in [2.24, 2.45) is 23.7 Å². The average Bonchev–Trinajstić information content (AvgIpc) is 2.85. The Balaban J connectivity index is 1.19. The Morgan fingerprint density at radius 2 is 1.26 bits per heavy atom. The highest BCUT2D eigenvalue weighted by molar-refractivity contribution is 5.66. The molecule has 0 unspecified atom stereocenters. The maximum atomic E-state index is 14.5. The number of rotatable bonds is 9. The van der Waals surface area contributed by atoms with Crippen molar-refractivity contribution >= 4 is 0 Å². The minimum absolute atomic E-state index is 0.0462. The first kappa shape index (κ1) is 26.0. The molecular formula is C30H38F4O. The largest absolute Gasteiger partial charge is 0.493 e. The van der Waals surface area contributed by atoms with Crippen LogP contribution in [0.3, 0.4) is 0 Å². The summed E-state index contributed by atoms with van der Waals surface area (Å²) in [5.74, 6) is -0.259. The highest BCUT2D eigenvalue weighted by Crippen LogP contribution is 2.43. The van der Waals surface area contributed by atoms with Gasteiger partial charge in [-0.05, 0) is 79.9 Å². The van der Waals surface area contributed by atoms with Crippen LogP contribution in [0.25, 0.3) is 11.1 Å². The van der Waals surface area contributed by atoms with Crippen molar-refractivity contribution in [3.63, 3.8) is 0 Å². The van der Waals surface area contributed by atoms with Gasteiger partial charge in [0.2, 0.25) is 0 Å². The van der Waals surface area contributed by atoms with Crippen LogP contribution in [-0.4, -0.2) is 6.61 Å². The van der Waals surface area contributed by atoms with Gasteiger partial charge in [0, 0.05) is 12.1 Å². The first-order chi connectivity index (χ1) is 16.9. The predicted octanol–water partition coefficient (Wildman–Crippen LogP) is 9.48. The molecule has 0 spiro atoms. The molecule has 2 aromatic rings. The topological polar surface area (TPSA) is 9.23 Å². The molecule has 192 valence electrons. The molecular weight excluding hydrogens is 452 g/mol. The highest BCUT2D eigenvalue weighted by atomic mass is 19.2.